The molecule has 6 heteroatoms. The van der Waals surface area contributed by atoms with Gasteiger partial charge in [-0.1, -0.05) is 41.4 Å². The van der Waals surface area contributed by atoms with Gasteiger partial charge in [0, 0.05) is 34.6 Å². The number of hydrogen-bond donors (Lipinski definition) is 0. The van der Waals surface area contributed by atoms with Gasteiger partial charge in [0.15, 0.2) is 0 Å². The van der Waals surface area contributed by atoms with Crippen molar-refractivity contribution in [3.63, 3.8) is 0 Å². The third kappa shape index (κ3) is 3.76. The summed E-state index contributed by atoms with van der Waals surface area (Å²) in [5.41, 5.74) is 4.19. The second-order valence-electron chi connectivity index (χ2n) is 8.30. The summed E-state index contributed by atoms with van der Waals surface area (Å²) in [6.07, 6.45) is 1.25. The maximum absolute atomic E-state index is 14.6. The van der Waals surface area contributed by atoms with Gasteiger partial charge >= 0.3 is 0 Å². The third-order valence-corrected chi connectivity index (χ3v) is 7.03. The number of benzene rings is 3. The fourth-order valence-electron chi connectivity index (χ4n) is 4.73. The van der Waals surface area contributed by atoms with E-state index in [1.54, 1.807) is 31.4 Å². The number of carbonyl (C=O) groups excluding carboxylic acids is 1. The van der Waals surface area contributed by atoms with Gasteiger partial charge in [0.1, 0.15) is 11.6 Å². The number of hydrogen-bond acceptors (Lipinski definition) is 2. The Kier molecular flexibility index (Phi) is 5.60. The zero-order valence-electron chi connectivity index (χ0n) is 17.5. The van der Waals surface area contributed by atoms with Crippen LogP contribution in [0.2, 0.25) is 10.0 Å². The molecule has 0 aromatic heterocycles. The first-order chi connectivity index (χ1) is 15.5. The maximum atomic E-state index is 14.6. The van der Waals surface area contributed by atoms with Gasteiger partial charge in [-0.15, -0.1) is 0 Å². The Morgan fingerprint density at radius 1 is 1.16 bits per heavy atom. The van der Waals surface area contributed by atoms with Crippen molar-refractivity contribution >= 4 is 29.1 Å². The van der Waals surface area contributed by atoms with Crippen LogP contribution < -0.4 is 4.74 Å². The first kappa shape index (κ1) is 21.3. The van der Waals surface area contributed by atoms with Crippen LogP contribution in [-0.4, -0.2) is 24.5 Å². The van der Waals surface area contributed by atoms with Crippen molar-refractivity contribution < 1.29 is 13.9 Å². The molecule has 1 radical (unpaired) electrons. The van der Waals surface area contributed by atoms with Gasteiger partial charge < -0.3 is 9.64 Å². The molecule has 1 fully saturated rings. The van der Waals surface area contributed by atoms with Crippen molar-refractivity contribution in [1.82, 2.24) is 4.90 Å². The van der Waals surface area contributed by atoms with Crippen molar-refractivity contribution in [2.24, 2.45) is 5.92 Å². The van der Waals surface area contributed by atoms with Crippen molar-refractivity contribution in [2.45, 2.75) is 25.3 Å². The highest BCUT2D eigenvalue weighted by Gasteiger charge is 2.47. The van der Waals surface area contributed by atoms with E-state index in [1.807, 2.05) is 23.1 Å². The third-order valence-electron chi connectivity index (χ3n) is 6.47. The van der Waals surface area contributed by atoms with Gasteiger partial charge in [-0.2, -0.15) is 0 Å². The van der Waals surface area contributed by atoms with Crippen molar-refractivity contribution in [3.05, 3.63) is 87.2 Å². The largest absolute Gasteiger partial charge is 0.496 e. The smallest absolute Gasteiger partial charge is 0.226 e. The van der Waals surface area contributed by atoms with Crippen LogP contribution in [0.5, 0.6) is 5.75 Å². The fraction of sp³-hybridized carbons (Fsp3) is 0.269. The van der Waals surface area contributed by atoms with E-state index in [0.717, 1.165) is 28.7 Å². The molecule has 2 atom stereocenters. The van der Waals surface area contributed by atoms with E-state index in [2.05, 4.69) is 6.07 Å². The molecule has 0 bridgehead atoms. The van der Waals surface area contributed by atoms with Crippen LogP contribution in [0.4, 0.5) is 4.39 Å². The lowest BCUT2D eigenvalue weighted by atomic mass is 9.90. The second kappa shape index (κ2) is 8.42. The molecule has 1 aliphatic carbocycles. The minimum absolute atomic E-state index is 0.0912. The molecule has 5 rings (SSSR count). The van der Waals surface area contributed by atoms with Crippen LogP contribution in [0.1, 0.15) is 29.0 Å². The summed E-state index contributed by atoms with van der Waals surface area (Å²) >= 11 is 12.4. The van der Waals surface area contributed by atoms with Gasteiger partial charge in [-0.25, -0.2) is 4.39 Å². The zero-order valence-corrected chi connectivity index (χ0v) is 19.0. The molecule has 3 aromatic rings. The molecular formula is C26H21Cl2FNO2. The van der Waals surface area contributed by atoms with E-state index in [0.29, 0.717) is 40.9 Å². The predicted molar refractivity (Wildman–Crippen MR) is 124 cm³/mol. The topological polar surface area (TPSA) is 29.5 Å². The molecule has 3 nitrogen and oxygen atoms in total. The molecular weight excluding hydrogens is 448 g/mol. The molecule has 163 valence electrons. The number of fused-ring (bicyclic) bond motifs is 1. The van der Waals surface area contributed by atoms with Gasteiger partial charge in [0.25, 0.3) is 0 Å². The normalized spacial score (nSPS) is 19.4. The molecule has 1 saturated carbocycles. The molecule has 3 aromatic carbocycles. The first-order valence-electron chi connectivity index (χ1n) is 10.6. The Bertz CT molecular complexity index is 1210. The van der Waals surface area contributed by atoms with Crippen molar-refractivity contribution in [3.8, 4) is 16.9 Å². The Morgan fingerprint density at radius 2 is 2.00 bits per heavy atom. The summed E-state index contributed by atoms with van der Waals surface area (Å²) in [6, 6.07) is 17.2. The molecule has 1 aliphatic heterocycles. The van der Waals surface area contributed by atoms with Gasteiger partial charge in [-0.3, -0.25) is 4.79 Å². The molecule has 0 spiro atoms. The highest BCUT2D eigenvalue weighted by atomic mass is 35.5. The number of amides is 1. The van der Waals surface area contributed by atoms with E-state index in [1.165, 1.54) is 6.07 Å². The fourth-order valence-corrected chi connectivity index (χ4v) is 5.27. The number of ether oxygens (including phenoxy) is 1. The van der Waals surface area contributed by atoms with Gasteiger partial charge in [0.05, 0.1) is 7.11 Å². The number of halogens is 3. The highest BCUT2D eigenvalue weighted by Crippen LogP contribution is 2.51. The maximum Gasteiger partial charge on any atom is 0.226 e. The van der Waals surface area contributed by atoms with E-state index < -0.39 is 0 Å². The number of carbonyl (C=O) groups is 1. The first-order valence-corrected chi connectivity index (χ1v) is 11.3. The Labute approximate surface area is 196 Å². The predicted octanol–water partition coefficient (Wildman–Crippen LogP) is 6.30. The SMILES string of the molecule is COc1cc[c]cc1-c1ccc(F)c2c1CN(C(=O)[C@@H]1C[C@H]1c1ccc(Cl)cc1Cl)CC2. The quantitative estimate of drug-likeness (QED) is 0.449. The molecule has 0 saturated heterocycles. The monoisotopic (exact) mass is 468 g/mol. The number of rotatable bonds is 4. The molecule has 1 heterocycles. The molecule has 2 aliphatic rings. The van der Waals surface area contributed by atoms with E-state index >= 15 is 0 Å². The van der Waals surface area contributed by atoms with Crippen LogP contribution in [-0.2, 0) is 17.8 Å². The lowest BCUT2D eigenvalue weighted by molar-refractivity contribution is -0.133. The van der Waals surface area contributed by atoms with Crippen LogP contribution in [0, 0.1) is 17.8 Å². The Balaban J connectivity index is 1.42. The standard InChI is InChI=1S/C26H21Cl2FNO2/c1-32-25-5-3-2-4-19(25)16-8-9-24(29)18-10-11-30(14-22(16)18)26(31)21-13-20(21)17-7-6-15(27)12-23(17)28/h3-9,12,20-21H,10-11,13-14H2,1H3/t20-,21+/m0/s1. The summed E-state index contributed by atoms with van der Waals surface area (Å²) in [5, 5.41) is 1.18. The van der Waals surface area contributed by atoms with E-state index in [9.17, 15) is 9.18 Å². The summed E-state index contributed by atoms with van der Waals surface area (Å²) in [7, 11) is 1.61. The van der Waals surface area contributed by atoms with E-state index in [4.69, 9.17) is 27.9 Å². The van der Waals surface area contributed by atoms with Gasteiger partial charge in [-0.05, 0) is 77.4 Å². The van der Waals surface area contributed by atoms with Crippen LogP contribution in [0.25, 0.3) is 11.1 Å². The van der Waals surface area contributed by atoms with Crippen molar-refractivity contribution in [2.75, 3.05) is 13.7 Å². The minimum atomic E-state index is -0.230. The average Bonchev–Trinajstić information content (AvgIpc) is 3.59. The summed E-state index contributed by atoms with van der Waals surface area (Å²) in [5.74, 6) is 0.553. The van der Waals surface area contributed by atoms with Gasteiger partial charge in [0.2, 0.25) is 5.91 Å². The molecule has 0 unspecified atom stereocenters. The lowest BCUT2D eigenvalue weighted by Gasteiger charge is -2.31. The molecule has 0 N–H and O–H groups in total. The molecule has 1 amide bonds. The number of nitrogens with zero attached hydrogens (tertiary/aromatic N) is 1. The van der Waals surface area contributed by atoms with Crippen LogP contribution in [0.15, 0.2) is 48.5 Å². The molecule has 32 heavy (non-hydrogen) atoms. The number of methoxy groups -OCH3 is 1. The summed E-state index contributed by atoms with van der Waals surface area (Å²) < 4.78 is 20.2. The minimum Gasteiger partial charge on any atom is -0.496 e. The van der Waals surface area contributed by atoms with Crippen molar-refractivity contribution in [1.29, 1.82) is 0 Å². The zero-order chi connectivity index (χ0) is 22.4. The Morgan fingerprint density at radius 3 is 2.78 bits per heavy atom. The summed E-state index contributed by atoms with van der Waals surface area (Å²) in [4.78, 5) is 15.2. The second-order valence-corrected chi connectivity index (χ2v) is 9.15. The lowest BCUT2D eigenvalue weighted by Crippen LogP contribution is -2.37. The average molecular weight is 469 g/mol. The highest BCUT2D eigenvalue weighted by molar-refractivity contribution is 6.35. The van der Waals surface area contributed by atoms with Crippen LogP contribution in [0.3, 0.4) is 0 Å². The van der Waals surface area contributed by atoms with Crippen LogP contribution >= 0.6 is 23.2 Å². The van der Waals surface area contributed by atoms with E-state index in [-0.39, 0.29) is 23.6 Å². The summed E-state index contributed by atoms with van der Waals surface area (Å²) in [6.45, 7) is 0.874. The Hall–Kier alpha value is -2.56.